The van der Waals surface area contributed by atoms with Gasteiger partial charge < -0.3 is 10.0 Å². The highest BCUT2D eigenvalue weighted by molar-refractivity contribution is 5.44. The standard InChI is InChI=1S/C17H28N4O3/c1-5-13-11-20(16-8-7-15(9-18-16)21(23)24)14(6-2)10-19(13)12-17(3,4)22/h7-9,13-14,22H,5-6,10-12H2,1-4H3/t13-,14-/m1/s1. The van der Waals surface area contributed by atoms with Gasteiger partial charge in [0.05, 0.1) is 10.5 Å². The van der Waals surface area contributed by atoms with Crippen LogP contribution in [0, 0.1) is 10.1 Å². The Kier molecular flexibility index (Phi) is 5.77. The van der Waals surface area contributed by atoms with Crippen molar-refractivity contribution in [2.24, 2.45) is 0 Å². The average Bonchev–Trinajstić information content (AvgIpc) is 2.53. The van der Waals surface area contributed by atoms with E-state index in [4.69, 9.17) is 0 Å². The van der Waals surface area contributed by atoms with Crippen LogP contribution in [0.2, 0.25) is 0 Å². The summed E-state index contributed by atoms with van der Waals surface area (Å²) < 4.78 is 0. The van der Waals surface area contributed by atoms with Crippen LogP contribution in [0.4, 0.5) is 11.5 Å². The molecule has 7 heteroatoms. The van der Waals surface area contributed by atoms with Crippen LogP contribution in [0.25, 0.3) is 0 Å². The molecule has 0 aliphatic carbocycles. The first-order chi connectivity index (χ1) is 11.2. The molecular weight excluding hydrogens is 308 g/mol. The number of aromatic nitrogens is 1. The number of pyridine rings is 1. The highest BCUT2D eigenvalue weighted by atomic mass is 16.6. The van der Waals surface area contributed by atoms with E-state index in [0.717, 1.165) is 31.7 Å². The SMILES string of the molecule is CC[C@@H]1CN(c2ccc([N+](=O)[O-])cn2)[C@H](CC)CN1CC(C)(C)O. The fraction of sp³-hybridized carbons (Fsp3) is 0.706. The van der Waals surface area contributed by atoms with E-state index in [9.17, 15) is 15.2 Å². The van der Waals surface area contributed by atoms with Gasteiger partial charge in [0.25, 0.3) is 5.69 Å². The molecule has 0 bridgehead atoms. The van der Waals surface area contributed by atoms with Crippen molar-refractivity contribution in [2.75, 3.05) is 24.5 Å². The van der Waals surface area contributed by atoms with Crippen LogP contribution >= 0.6 is 0 Å². The minimum atomic E-state index is -0.723. The molecule has 1 aliphatic heterocycles. The molecule has 7 nitrogen and oxygen atoms in total. The molecule has 24 heavy (non-hydrogen) atoms. The number of aliphatic hydroxyl groups is 1. The van der Waals surface area contributed by atoms with Gasteiger partial charge in [0, 0.05) is 37.8 Å². The zero-order valence-corrected chi connectivity index (χ0v) is 15.0. The number of hydrogen-bond acceptors (Lipinski definition) is 6. The Balaban J connectivity index is 2.20. The van der Waals surface area contributed by atoms with Gasteiger partial charge >= 0.3 is 0 Å². The van der Waals surface area contributed by atoms with Crippen molar-refractivity contribution < 1.29 is 10.0 Å². The smallest absolute Gasteiger partial charge is 0.287 e. The molecule has 1 N–H and O–H groups in total. The van der Waals surface area contributed by atoms with Gasteiger partial charge in [0.2, 0.25) is 0 Å². The van der Waals surface area contributed by atoms with E-state index in [0.29, 0.717) is 12.6 Å². The first kappa shape index (κ1) is 18.6. The summed E-state index contributed by atoms with van der Waals surface area (Å²) in [5.74, 6) is 0.786. The zero-order chi connectivity index (χ0) is 17.9. The molecule has 0 spiro atoms. The molecule has 2 atom stereocenters. The van der Waals surface area contributed by atoms with Crippen molar-refractivity contribution >= 4 is 11.5 Å². The van der Waals surface area contributed by atoms with Crippen molar-refractivity contribution in [1.82, 2.24) is 9.88 Å². The number of rotatable bonds is 6. The summed E-state index contributed by atoms with van der Waals surface area (Å²) in [6.07, 6.45) is 3.26. The molecular formula is C17H28N4O3. The van der Waals surface area contributed by atoms with E-state index in [2.05, 4.69) is 28.6 Å². The minimum Gasteiger partial charge on any atom is -0.389 e. The lowest BCUT2D eigenvalue weighted by atomic mass is 9.99. The van der Waals surface area contributed by atoms with E-state index in [1.54, 1.807) is 6.07 Å². The van der Waals surface area contributed by atoms with Crippen LogP contribution in [-0.4, -0.2) is 57.2 Å². The maximum atomic E-state index is 10.8. The third-order valence-corrected chi connectivity index (χ3v) is 4.58. The molecule has 0 radical (unpaired) electrons. The lowest BCUT2D eigenvalue weighted by Gasteiger charge is -2.48. The van der Waals surface area contributed by atoms with Crippen molar-refractivity contribution in [1.29, 1.82) is 0 Å². The van der Waals surface area contributed by atoms with E-state index in [1.165, 1.54) is 12.3 Å². The molecule has 1 aromatic rings. The van der Waals surface area contributed by atoms with Gasteiger partial charge in [-0.15, -0.1) is 0 Å². The molecule has 1 fully saturated rings. The molecule has 0 saturated carbocycles. The molecule has 1 saturated heterocycles. The van der Waals surface area contributed by atoms with Crippen LogP contribution in [0.3, 0.4) is 0 Å². The molecule has 2 rings (SSSR count). The Morgan fingerprint density at radius 3 is 2.42 bits per heavy atom. The number of nitro groups is 1. The van der Waals surface area contributed by atoms with Gasteiger partial charge in [-0.1, -0.05) is 13.8 Å². The lowest BCUT2D eigenvalue weighted by Crippen LogP contribution is -2.60. The van der Waals surface area contributed by atoms with E-state index < -0.39 is 10.5 Å². The minimum absolute atomic E-state index is 0.0134. The summed E-state index contributed by atoms with van der Waals surface area (Å²) in [5, 5.41) is 21.0. The van der Waals surface area contributed by atoms with Gasteiger partial charge in [-0.2, -0.15) is 0 Å². The van der Waals surface area contributed by atoms with Crippen LogP contribution in [0.1, 0.15) is 40.5 Å². The largest absolute Gasteiger partial charge is 0.389 e. The Morgan fingerprint density at radius 1 is 1.29 bits per heavy atom. The molecule has 0 unspecified atom stereocenters. The second kappa shape index (κ2) is 7.44. The Morgan fingerprint density at radius 2 is 1.96 bits per heavy atom. The lowest BCUT2D eigenvalue weighted by molar-refractivity contribution is -0.385. The highest BCUT2D eigenvalue weighted by Gasteiger charge is 2.35. The number of nitrogens with zero attached hydrogens (tertiary/aromatic N) is 4. The first-order valence-electron chi connectivity index (χ1n) is 8.58. The fourth-order valence-electron chi connectivity index (χ4n) is 3.37. The first-order valence-corrected chi connectivity index (χ1v) is 8.58. The summed E-state index contributed by atoms with van der Waals surface area (Å²) >= 11 is 0. The van der Waals surface area contributed by atoms with Gasteiger partial charge in [0.1, 0.15) is 12.0 Å². The number of hydrogen-bond donors (Lipinski definition) is 1. The third-order valence-electron chi connectivity index (χ3n) is 4.58. The molecule has 0 amide bonds. The average molecular weight is 336 g/mol. The second-order valence-electron chi connectivity index (χ2n) is 7.15. The van der Waals surface area contributed by atoms with Gasteiger partial charge in [-0.25, -0.2) is 4.98 Å². The quantitative estimate of drug-likeness (QED) is 0.634. The third kappa shape index (κ3) is 4.42. The maximum Gasteiger partial charge on any atom is 0.287 e. The van der Waals surface area contributed by atoms with Crippen LogP contribution < -0.4 is 4.90 Å². The van der Waals surface area contributed by atoms with Crippen molar-refractivity contribution in [3.05, 3.63) is 28.4 Å². The highest BCUT2D eigenvalue weighted by Crippen LogP contribution is 2.26. The molecule has 2 heterocycles. The van der Waals surface area contributed by atoms with Crippen LogP contribution in [0.15, 0.2) is 18.3 Å². The zero-order valence-electron chi connectivity index (χ0n) is 15.0. The summed E-state index contributed by atoms with van der Waals surface area (Å²) in [7, 11) is 0. The van der Waals surface area contributed by atoms with Crippen molar-refractivity contribution in [2.45, 2.75) is 58.2 Å². The summed E-state index contributed by atoms with van der Waals surface area (Å²) in [6.45, 7) is 10.3. The number of β-amino-alcohol motifs (C(OH)–C–C–N with tert-alkyl or cyclic N) is 1. The van der Waals surface area contributed by atoms with Crippen molar-refractivity contribution in [3.8, 4) is 0 Å². The molecule has 134 valence electrons. The van der Waals surface area contributed by atoms with Crippen LogP contribution in [-0.2, 0) is 0 Å². The maximum absolute atomic E-state index is 10.8. The Hall–Kier alpha value is -1.73. The monoisotopic (exact) mass is 336 g/mol. The Labute approximate surface area is 143 Å². The van der Waals surface area contributed by atoms with E-state index in [1.807, 2.05) is 13.8 Å². The number of piperazine rings is 1. The van der Waals surface area contributed by atoms with Gasteiger partial charge in [-0.3, -0.25) is 15.0 Å². The summed E-state index contributed by atoms with van der Waals surface area (Å²) in [5.41, 5.74) is -0.709. The number of anilines is 1. The predicted molar refractivity (Wildman–Crippen MR) is 94.3 cm³/mol. The second-order valence-corrected chi connectivity index (χ2v) is 7.15. The van der Waals surface area contributed by atoms with Crippen LogP contribution in [0.5, 0.6) is 0 Å². The fourth-order valence-corrected chi connectivity index (χ4v) is 3.37. The summed E-state index contributed by atoms with van der Waals surface area (Å²) in [6, 6.07) is 3.86. The Bertz CT molecular complexity index is 556. The normalized spacial score (nSPS) is 22.6. The van der Waals surface area contributed by atoms with E-state index in [-0.39, 0.29) is 11.7 Å². The predicted octanol–water partition coefficient (Wildman–Crippen LogP) is 2.44. The van der Waals surface area contributed by atoms with Gasteiger partial charge in [-0.05, 0) is 32.8 Å². The summed E-state index contributed by atoms with van der Waals surface area (Å²) in [4.78, 5) is 19.3. The molecule has 1 aromatic heterocycles. The molecule has 1 aliphatic rings. The topological polar surface area (TPSA) is 82.7 Å². The van der Waals surface area contributed by atoms with Crippen molar-refractivity contribution in [3.63, 3.8) is 0 Å². The van der Waals surface area contributed by atoms with E-state index >= 15 is 0 Å². The van der Waals surface area contributed by atoms with Gasteiger partial charge in [0.15, 0.2) is 0 Å². The molecule has 0 aromatic carbocycles.